The molecule has 0 bridgehead atoms. The van der Waals surface area contributed by atoms with Gasteiger partial charge in [-0.15, -0.1) is 10.2 Å². The van der Waals surface area contributed by atoms with E-state index < -0.39 is 6.04 Å². The predicted octanol–water partition coefficient (Wildman–Crippen LogP) is 3.39. The van der Waals surface area contributed by atoms with Crippen molar-refractivity contribution in [3.8, 4) is 11.4 Å². The average Bonchev–Trinajstić information content (AvgIpc) is 2.84. The number of aryl methyl sites for hydroxylation is 1. The highest BCUT2D eigenvalue weighted by Gasteiger charge is 2.19. The lowest BCUT2D eigenvalue weighted by atomic mass is 10.1. The SMILES string of the molecule is CCCC(N)C(=O)Nc1ccc(Cl)c(-c2nnc3n2CCCCC3)c1. The molecule has 3 rings (SSSR count). The number of halogens is 1. The maximum atomic E-state index is 12.2. The Morgan fingerprint density at radius 1 is 1.36 bits per heavy atom. The summed E-state index contributed by atoms with van der Waals surface area (Å²) in [5.41, 5.74) is 7.33. The van der Waals surface area contributed by atoms with Crippen LogP contribution in [0, 0.1) is 0 Å². The maximum absolute atomic E-state index is 12.2. The van der Waals surface area contributed by atoms with Crippen LogP contribution in [0.5, 0.6) is 0 Å². The fourth-order valence-electron chi connectivity index (χ4n) is 3.14. The second-order valence-corrected chi connectivity index (χ2v) is 6.89. The molecule has 25 heavy (non-hydrogen) atoms. The Morgan fingerprint density at radius 2 is 2.20 bits per heavy atom. The van der Waals surface area contributed by atoms with Crippen LogP contribution in [0.15, 0.2) is 18.2 Å². The lowest BCUT2D eigenvalue weighted by Crippen LogP contribution is -2.35. The fraction of sp³-hybridized carbons (Fsp3) is 0.500. The molecule has 1 aliphatic heterocycles. The van der Waals surface area contributed by atoms with Gasteiger partial charge in [-0.1, -0.05) is 31.4 Å². The summed E-state index contributed by atoms with van der Waals surface area (Å²) in [7, 11) is 0. The Morgan fingerprint density at radius 3 is 3.00 bits per heavy atom. The third-order valence-electron chi connectivity index (χ3n) is 4.52. The zero-order valence-corrected chi connectivity index (χ0v) is 15.2. The molecule has 1 unspecified atom stereocenters. The van der Waals surface area contributed by atoms with Crippen molar-refractivity contribution in [1.82, 2.24) is 14.8 Å². The van der Waals surface area contributed by atoms with Gasteiger partial charge in [0.05, 0.1) is 11.1 Å². The molecule has 0 spiro atoms. The zero-order chi connectivity index (χ0) is 17.8. The van der Waals surface area contributed by atoms with Crippen molar-refractivity contribution in [1.29, 1.82) is 0 Å². The number of amides is 1. The highest BCUT2D eigenvalue weighted by Crippen LogP contribution is 2.31. The lowest BCUT2D eigenvalue weighted by Gasteiger charge is -2.13. The summed E-state index contributed by atoms with van der Waals surface area (Å²) in [5.74, 6) is 1.58. The van der Waals surface area contributed by atoms with E-state index in [0.29, 0.717) is 17.1 Å². The fourth-order valence-corrected chi connectivity index (χ4v) is 3.34. The summed E-state index contributed by atoms with van der Waals surface area (Å²) in [6.07, 6.45) is 5.90. The van der Waals surface area contributed by atoms with E-state index in [4.69, 9.17) is 17.3 Å². The number of nitrogens with one attached hydrogen (secondary N) is 1. The van der Waals surface area contributed by atoms with Crippen LogP contribution in [0.3, 0.4) is 0 Å². The molecule has 1 amide bonds. The van der Waals surface area contributed by atoms with Gasteiger partial charge in [-0.25, -0.2) is 0 Å². The van der Waals surface area contributed by atoms with Crippen LogP contribution >= 0.6 is 11.6 Å². The molecule has 3 N–H and O–H groups in total. The minimum absolute atomic E-state index is 0.185. The topological polar surface area (TPSA) is 85.8 Å². The minimum atomic E-state index is -0.506. The molecule has 0 fully saturated rings. The summed E-state index contributed by atoms with van der Waals surface area (Å²) < 4.78 is 2.14. The highest BCUT2D eigenvalue weighted by molar-refractivity contribution is 6.33. The molecule has 1 aromatic carbocycles. The summed E-state index contributed by atoms with van der Waals surface area (Å²) in [5, 5.41) is 12.1. The van der Waals surface area contributed by atoms with E-state index in [9.17, 15) is 4.79 Å². The van der Waals surface area contributed by atoms with Crippen LogP contribution in [0.2, 0.25) is 5.02 Å². The van der Waals surface area contributed by atoms with E-state index >= 15 is 0 Å². The normalized spacial score (nSPS) is 15.3. The van der Waals surface area contributed by atoms with Crippen LogP contribution in [0.1, 0.15) is 44.9 Å². The van der Waals surface area contributed by atoms with Gasteiger partial charge in [-0.3, -0.25) is 4.79 Å². The molecule has 0 saturated heterocycles. The van der Waals surface area contributed by atoms with E-state index in [2.05, 4.69) is 20.1 Å². The first-order chi connectivity index (χ1) is 12.1. The van der Waals surface area contributed by atoms with Gasteiger partial charge in [0, 0.05) is 24.2 Å². The number of nitrogens with zero attached hydrogens (tertiary/aromatic N) is 3. The van der Waals surface area contributed by atoms with Crippen molar-refractivity contribution in [2.45, 2.75) is 58.0 Å². The number of hydrogen-bond acceptors (Lipinski definition) is 4. The van der Waals surface area contributed by atoms with Gasteiger partial charge in [-0.2, -0.15) is 0 Å². The molecule has 1 aromatic heterocycles. The van der Waals surface area contributed by atoms with Gasteiger partial charge < -0.3 is 15.6 Å². The van der Waals surface area contributed by atoms with Crippen LogP contribution in [0.4, 0.5) is 5.69 Å². The number of anilines is 1. The Kier molecular flexibility index (Phi) is 5.71. The average molecular weight is 362 g/mol. The number of nitrogens with two attached hydrogens (primary N) is 1. The Labute approximate surface area is 152 Å². The number of fused-ring (bicyclic) bond motifs is 1. The minimum Gasteiger partial charge on any atom is -0.325 e. The van der Waals surface area contributed by atoms with Crippen molar-refractivity contribution in [3.63, 3.8) is 0 Å². The van der Waals surface area contributed by atoms with E-state index in [1.807, 2.05) is 13.0 Å². The van der Waals surface area contributed by atoms with Gasteiger partial charge in [-0.05, 0) is 37.5 Å². The number of aromatic nitrogens is 3. The van der Waals surface area contributed by atoms with Crippen LogP contribution < -0.4 is 11.1 Å². The molecule has 2 heterocycles. The summed E-state index contributed by atoms with van der Waals surface area (Å²) in [4.78, 5) is 12.2. The summed E-state index contributed by atoms with van der Waals surface area (Å²) >= 11 is 6.40. The van der Waals surface area contributed by atoms with Crippen LogP contribution in [-0.4, -0.2) is 26.7 Å². The van der Waals surface area contributed by atoms with Gasteiger partial charge in [0.25, 0.3) is 0 Å². The first-order valence-corrected chi connectivity index (χ1v) is 9.26. The molecule has 6 nitrogen and oxygen atoms in total. The van der Waals surface area contributed by atoms with Crippen molar-refractivity contribution in [2.75, 3.05) is 5.32 Å². The number of benzene rings is 1. The second kappa shape index (κ2) is 7.97. The second-order valence-electron chi connectivity index (χ2n) is 6.48. The molecule has 2 aromatic rings. The maximum Gasteiger partial charge on any atom is 0.241 e. The zero-order valence-electron chi connectivity index (χ0n) is 14.5. The Hall–Kier alpha value is -1.92. The number of carbonyl (C=O) groups excluding carboxylic acids is 1. The van der Waals surface area contributed by atoms with Gasteiger partial charge in [0.15, 0.2) is 5.82 Å². The quantitative estimate of drug-likeness (QED) is 0.854. The molecule has 1 atom stereocenters. The third-order valence-corrected chi connectivity index (χ3v) is 4.85. The summed E-state index contributed by atoms with van der Waals surface area (Å²) in [6, 6.07) is 4.90. The van der Waals surface area contributed by atoms with Crippen molar-refractivity contribution in [2.24, 2.45) is 5.73 Å². The third kappa shape index (κ3) is 4.02. The van der Waals surface area contributed by atoms with Crippen molar-refractivity contribution in [3.05, 3.63) is 29.0 Å². The van der Waals surface area contributed by atoms with Gasteiger partial charge in [0.2, 0.25) is 5.91 Å². The van der Waals surface area contributed by atoms with E-state index in [0.717, 1.165) is 49.4 Å². The first-order valence-electron chi connectivity index (χ1n) is 8.88. The van der Waals surface area contributed by atoms with Crippen molar-refractivity contribution < 1.29 is 4.79 Å². The number of hydrogen-bond donors (Lipinski definition) is 2. The van der Waals surface area contributed by atoms with E-state index in [1.165, 1.54) is 6.42 Å². The molecule has 1 aliphatic rings. The smallest absolute Gasteiger partial charge is 0.241 e. The molecule has 134 valence electrons. The first kappa shape index (κ1) is 17.9. The molecule has 0 aliphatic carbocycles. The van der Waals surface area contributed by atoms with Gasteiger partial charge in [0.1, 0.15) is 5.82 Å². The van der Waals surface area contributed by atoms with Gasteiger partial charge >= 0.3 is 0 Å². The Balaban J connectivity index is 1.88. The largest absolute Gasteiger partial charge is 0.325 e. The number of rotatable bonds is 5. The summed E-state index contributed by atoms with van der Waals surface area (Å²) in [6.45, 7) is 2.90. The van der Waals surface area contributed by atoms with Crippen molar-refractivity contribution >= 4 is 23.2 Å². The van der Waals surface area contributed by atoms with E-state index in [-0.39, 0.29) is 5.91 Å². The van der Waals surface area contributed by atoms with Crippen LogP contribution in [-0.2, 0) is 17.8 Å². The molecular formula is C18H24ClN5O. The lowest BCUT2D eigenvalue weighted by molar-refractivity contribution is -0.117. The number of carbonyl (C=O) groups is 1. The molecular weight excluding hydrogens is 338 g/mol. The standard InChI is InChI=1S/C18H24ClN5O/c1-2-6-15(20)18(25)21-12-8-9-14(19)13(11-12)17-23-22-16-7-4-3-5-10-24(16)17/h8-9,11,15H,2-7,10,20H2,1H3,(H,21,25). The van der Waals surface area contributed by atoms with E-state index in [1.54, 1.807) is 12.1 Å². The molecule has 7 heteroatoms. The van der Waals surface area contributed by atoms with Crippen LogP contribution in [0.25, 0.3) is 11.4 Å². The monoisotopic (exact) mass is 361 g/mol. The molecule has 0 saturated carbocycles. The highest BCUT2D eigenvalue weighted by atomic mass is 35.5. The predicted molar refractivity (Wildman–Crippen MR) is 99.5 cm³/mol. The Bertz CT molecular complexity index is 758. The molecule has 0 radical (unpaired) electrons.